The molecule has 1 unspecified atom stereocenters. The van der Waals surface area contributed by atoms with Crippen molar-refractivity contribution in [3.63, 3.8) is 0 Å². The number of pyridine rings is 1. The van der Waals surface area contributed by atoms with Crippen molar-refractivity contribution < 1.29 is 4.39 Å². The minimum Gasteiger partial charge on any atom is -0.332 e. The summed E-state index contributed by atoms with van der Waals surface area (Å²) in [6, 6.07) is 13.6. The summed E-state index contributed by atoms with van der Waals surface area (Å²) in [6.45, 7) is 1.97. The van der Waals surface area contributed by atoms with Crippen LogP contribution in [0, 0.1) is 5.82 Å². The molecule has 0 radical (unpaired) electrons. The van der Waals surface area contributed by atoms with Crippen LogP contribution in [0.25, 0.3) is 0 Å². The smallest absolute Gasteiger partial charge is 0.146 e. The van der Waals surface area contributed by atoms with Gasteiger partial charge in [0.05, 0.1) is 18.3 Å². The minimum absolute atomic E-state index is 0.180. The molecule has 4 nitrogen and oxygen atoms in total. The van der Waals surface area contributed by atoms with E-state index in [1.807, 2.05) is 30.6 Å². The molecule has 0 fully saturated rings. The van der Waals surface area contributed by atoms with E-state index in [0.717, 1.165) is 12.4 Å². The molecule has 0 aliphatic carbocycles. The quantitative estimate of drug-likeness (QED) is 0.745. The number of hydrogen-bond acceptors (Lipinski definition) is 3. The molecular formula is C18H17FN4. The zero-order chi connectivity index (χ0) is 15.6. The van der Waals surface area contributed by atoms with Crippen molar-refractivity contribution in [2.24, 2.45) is 0 Å². The van der Waals surface area contributed by atoms with Gasteiger partial charge in [-0.05, 0) is 17.7 Å². The van der Waals surface area contributed by atoms with Crippen molar-refractivity contribution in [1.82, 2.24) is 19.4 Å². The summed E-state index contributed by atoms with van der Waals surface area (Å²) in [4.78, 5) is 10.8. The molecule has 3 heterocycles. The Balaban J connectivity index is 1.68. The van der Waals surface area contributed by atoms with Gasteiger partial charge in [0.1, 0.15) is 11.6 Å². The lowest BCUT2D eigenvalue weighted by Crippen LogP contribution is -2.37. The number of halogens is 1. The molecule has 1 aliphatic rings. The SMILES string of the molecule is Fc1cccnc1CN1Cc2nccn2CC1c1ccccc1. The molecule has 5 heteroatoms. The third-order valence-corrected chi connectivity index (χ3v) is 4.33. The van der Waals surface area contributed by atoms with E-state index < -0.39 is 0 Å². The molecule has 3 aromatic rings. The normalized spacial score (nSPS) is 17.9. The number of aromatic nitrogens is 3. The average molecular weight is 308 g/mol. The Kier molecular flexibility index (Phi) is 3.63. The molecule has 2 aromatic heterocycles. The van der Waals surface area contributed by atoms with Crippen molar-refractivity contribution in [1.29, 1.82) is 0 Å². The zero-order valence-corrected chi connectivity index (χ0v) is 12.6. The van der Waals surface area contributed by atoms with Crippen LogP contribution in [0.5, 0.6) is 0 Å². The molecule has 0 bridgehead atoms. The van der Waals surface area contributed by atoms with Gasteiger partial charge in [-0.2, -0.15) is 0 Å². The highest BCUT2D eigenvalue weighted by molar-refractivity contribution is 5.21. The molecule has 4 rings (SSSR count). The van der Waals surface area contributed by atoms with E-state index in [2.05, 4.69) is 31.6 Å². The summed E-state index contributed by atoms with van der Waals surface area (Å²) in [5.41, 5.74) is 1.71. The number of nitrogens with zero attached hydrogens (tertiary/aromatic N) is 4. The molecule has 0 spiro atoms. The van der Waals surface area contributed by atoms with Crippen LogP contribution in [0.2, 0.25) is 0 Å². The molecule has 0 saturated heterocycles. The molecule has 1 aromatic carbocycles. The second-order valence-corrected chi connectivity index (χ2v) is 5.76. The Morgan fingerprint density at radius 2 is 1.91 bits per heavy atom. The van der Waals surface area contributed by atoms with Crippen molar-refractivity contribution >= 4 is 0 Å². The number of rotatable bonds is 3. The average Bonchev–Trinajstić information content (AvgIpc) is 3.04. The largest absolute Gasteiger partial charge is 0.332 e. The first-order chi connectivity index (χ1) is 11.3. The maximum Gasteiger partial charge on any atom is 0.146 e. The zero-order valence-electron chi connectivity index (χ0n) is 12.6. The van der Waals surface area contributed by atoms with E-state index in [-0.39, 0.29) is 11.9 Å². The van der Waals surface area contributed by atoms with E-state index >= 15 is 0 Å². The van der Waals surface area contributed by atoms with Crippen LogP contribution in [-0.4, -0.2) is 19.4 Å². The predicted octanol–water partition coefficient (Wildman–Crippen LogP) is 3.17. The summed E-state index contributed by atoms with van der Waals surface area (Å²) in [5, 5.41) is 0. The van der Waals surface area contributed by atoms with Gasteiger partial charge in [-0.25, -0.2) is 9.37 Å². The van der Waals surface area contributed by atoms with Crippen LogP contribution in [0.1, 0.15) is 23.1 Å². The Morgan fingerprint density at radius 1 is 1.04 bits per heavy atom. The van der Waals surface area contributed by atoms with Crippen molar-refractivity contribution in [3.05, 3.63) is 84.0 Å². The number of benzene rings is 1. The van der Waals surface area contributed by atoms with Crippen LogP contribution in [0.15, 0.2) is 61.1 Å². The summed E-state index contributed by atoms with van der Waals surface area (Å²) in [6.07, 6.45) is 5.47. The highest BCUT2D eigenvalue weighted by atomic mass is 19.1. The van der Waals surface area contributed by atoms with Gasteiger partial charge in [0, 0.05) is 31.7 Å². The monoisotopic (exact) mass is 308 g/mol. The van der Waals surface area contributed by atoms with E-state index in [1.165, 1.54) is 11.6 Å². The molecule has 0 amide bonds. The lowest BCUT2D eigenvalue weighted by Gasteiger charge is -2.36. The van der Waals surface area contributed by atoms with Crippen LogP contribution in [0.3, 0.4) is 0 Å². The van der Waals surface area contributed by atoms with E-state index in [1.54, 1.807) is 12.3 Å². The lowest BCUT2D eigenvalue weighted by molar-refractivity contribution is 0.125. The fourth-order valence-electron chi connectivity index (χ4n) is 3.14. The Bertz CT molecular complexity index is 800. The second kappa shape index (κ2) is 5.93. The van der Waals surface area contributed by atoms with Gasteiger partial charge in [0.15, 0.2) is 0 Å². The van der Waals surface area contributed by atoms with Gasteiger partial charge in [-0.1, -0.05) is 30.3 Å². The molecule has 23 heavy (non-hydrogen) atoms. The fourth-order valence-corrected chi connectivity index (χ4v) is 3.14. The summed E-state index contributed by atoms with van der Waals surface area (Å²) < 4.78 is 16.2. The van der Waals surface area contributed by atoms with Gasteiger partial charge in [-0.3, -0.25) is 9.88 Å². The Labute approximate surface area is 134 Å². The summed E-state index contributed by atoms with van der Waals surface area (Å²) in [5.74, 6) is 0.752. The topological polar surface area (TPSA) is 34.0 Å². The number of imidazole rings is 1. The molecule has 0 saturated carbocycles. The van der Waals surface area contributed by atoms with Crippen molar-refractivity contribution in [2.45, 2.75) is 25.7 Å². The van der Waals surface area contributed by atoms with Crippen LogP contribution < -0.4 is 0 Å². The highest BCUT2D eigenvalue weighted by Crippen LogP contribution is 2.30. The minimum atomic E-state index is -0.256. The van der Waals surface area contributed by atoms with Gasteiger partial charge in [0.2, 0.25) is 0 Å². The molecule has 1 aliphatic heterocycles. The first-order valence-electron chi connectivity index (χ1n) is 7.69. The number of fused-ring (bicyclic) bond motifs is 1. The van der Waals surface area contributed by atoms with Crippen LogP contribution in [-0.2, 0) is 19.6 Å². The van der Waals surface area contributed by atoms with Crippen molar-refractivity contribution in [3.8, 4) is 0 Å². The van der Waals surface area contributed by atoms with Gasteiger partial charge in [0.25, 0.3) is 0 Å². The highest BCUT2D eigenvalue weighted by Gasteiger charge is 2.28. The Morgan fingerprint density at radius 3 is 2.74 bits per heavy atom. The van der Waals surface area contributed by atoms with Crippen LogP contribution in [0.4, 0.5) is 4.39 Å². The Hall–Kier alpha value is -2.53. The van der Waals surface area contributed by atoms with E-state index in [9.17, 15) is 4.39 Å². The first-order valence-corrected chi connectivity index (χ1v) is 7.69. The molecule has 116 valence electrons. The van der Waals surface area contributed by atoms with Crippen molar-refractivity contribution in [2.75, 3.05) is 0 Å². The molecular weight excluding hydrogens is 291 g/mol. The van der Waals surface area contributed by atoms with E-state index in [4.69, 9.17) is 0 Å². The predicted molar refractivity (Wildman–Crippen MR) is 84.9 cm³/mol. The van der Waals surface area contributed by atoms with Gasteiger partial charge >= 0.3 is 0 Å². The van der Waals surface area contributed by atoms with Crippen LogP contribution >= 0.6 is 0 Å². The van der Waals surface area contributed by atoms with E-state index in [0.29, 0.717) is 18.8 Å². The summed E-state index contributed by atoms with van der Waals surface area (Å²) >= 11 is 0. The standard InChI is InChI=1S/C18H17FN4/c19-15-7-4-8-20-16(15)11-23-13-18-21-9-10-22(18)12-17(23)14-5-2-1-3-6-14/h1-10,17H,11-13H2. The lowest BCUT2D eigenvalue weighted by atomic mass is 10.0. The molecule has 1 atom stereocenters. The number of hydrogen-bond donors (Lipinski definition) is 0. The molecule has 0 N–H and O–H groups in total. The summed E-state index contributed by atoms with van der Waals surface area (Å²) in [7, 11) is 0. The van der Waals surface area contributed by atoms with Gasteiger partial charge in [-0.15, -0.1) is 0 Å². The maximum absolute atomic E-state index is 14.0. The third kappa shape index (κ3) is 2.75. The third-order valence-electron chi connectivity index (χ3n) is 4.33. The van der Waals surface area contributed by atoms with Gasteiger partial charge < -0.3 is 4.57 Å². The fraction of sp³-hybridized carbons (Fsp3) is 0.222. The maximum atomic E-state index is 14.0. The first kappa shape index (κ1) is 14.1. The second-order valence-electron chi connectivity index (χ2n) is 5.76.